The van der Waals surface area contributed by atoms with Crippen LogP contribution >= 0.6 is 15.9 Å². The number of aliphatic hydroxyl groups excluding tert-OH is 1. The van der Waals surface area contributed by atoms with Gasteiger partial charge in [-0.05, 0) is 109 Å². The number of hydrogen-bond donors (Lipinski definition) is 1. The van der Waals surface area contributed by atoms with Gasteiger partial charge in [0, 0.05) is 71.2 Å². The molecule has 7 fully saturated rings. The normalized spacial score (nSPS) is 34.7. The Morgan fingerprint density at radius 3 is 2.21 bits per heavy atom. The lowest BCUT2D eigenvalue weighted by molar-refractivity contribution is -0.259. The van der Waals surface area contributed by atoms with E-state index in [4.69, 9.17) is 51.2 Å². The highest BCUT2D eigenvalue weighted by Crippen LogP contribution is 2.51. The van der Waals surface area contributed by atoms with Gasteiger partial charge in [-0.2, -0.15) is 0 Å². The van der Waals surface area contributed by atoms with Crippen molar-refractivity contribution in [3.63, 3.8) is 0 Å². The lowest BCUT2D eigenvalue weighted by Crippen LogP contribution is -2.49. The van der Waals surface area contributed by atoms with E-state index in [0.717, 1.165) is 60.5 Å². The smallest absolute Gasteiger partial charge is 0.192 e. The third-order valence-corrected chi connectivity index (χ3v) is 33.3. The number of methoxy groups -OCH3 is 1. The van der Waals surface area contributed by atoms with Crippen molar-refractivity contribution in [2.24, 2.45) is 11.8 Å². The van der Waals surface area contributed by atoms with E-state index in [0.29, 0.717) is 58.2 Å². The molecule has 0 aromatic heterocycles. The zero-order valence-corrected chi connectivity index (χ0v) is 54.0. The number of carbonyl (C=O) groups excluding carboxylic acids is 1. The second-order valence-corrected chi connectivity index (χ2v) is 42.1. The number of Topliss-reactive ketones (excluding diaryl/α,β-unsaturated/α-hetero) is 1. The van der Waals surface area contributed by atoms with Gasteiger partial charge in [-0.1, -0.05) is 98.3 Å². The highest BCUT2D eigenvalue weighted by Gasteiger charge is 2.64. The summed E-state index contributed by atoms with van der Waals surface area (Å²) in [6.45, 7) is 42.5. The molecule has 11 unspecified atom stereocenters. The lowest BCUT2D eigenvalue weighted by Gasteiger charge is -2.42. The Hall–Kier alpha value is -0.199. The van der Waals surface area contributed by atoms with Crippen molar-refractivity contribution >= 4 is 46.7 Å². The second kappa shape index (κ2) is 26.8. The largest absolute Gasteiger partial charge is 0.417 e. The number of rotatable bonds is 27. The molecule has 1 N–H and O–H groups in total. The number of carbonyl (C=O) groups is 1. The standard InChI is InChI=1S/C58H105BrO13Si3/c1-18-75(19-2,20-3)65-28-22-24-44-29-38(4)40(6)47(67-44)34-48-46(52(62-13)49(68-48)33-45(72-74(16,17)57(10,11)12)36-66-73(14,15)56(7,8)9)32-42(61)31-43-23-21-27-63-55-53-51(37-64-43)70-58(26-25-41(60)30-39(5)59)35-50(69-53)54(55)71-58/h38,41,43-55,60H,5-6,18-37H2,1-4,7-17H3/t38?,41?,43?,44?,45?,46?,47?,48-,49?,50?,51-,52+,53?,54?,55+,58+/m0/s1. The number of halogens is 1. The fraction of sp³-hybridized carbons (Fsp3) is 0.914. The molecule has 7 heterocycles. The first kappa shape index (κ1) is 64.0. The van der Waals surface area contributed by atoms with Gasteiger partial charge < -0.3 is 56.3 Å². The van der Waals surface area contributed by atoms with E-state index < -0.39 is 42.9 Å². The van der Waals surface area contributed by atoms with Crippen LogP contribution < -0.4 is 0 Å². The van der Waals surface area contributed by atoms with Crippen molar-refractivity contribution < 1.29 is 61.1 Å². The quantitative estimate of drug-likeness (QED) is 0.0475. The van der Waals surface area contributed by atoms with Gasteiger partial charge >= 0.3 is 0 Å². The molecule has 0 aromatic rings. The Morgan fingerprint density at radius 2 is 1.57 bits per heavy atom. The van der Waals surface area contributed by atoms with E-state index in [2.05, 4.69) is 125 Å². The number of aliphatic hydroxyl groups is 1. The molecular weight excluding hydrogens is 1070 g/mol. The maximum absolute atomic E-state index is 14.8. The molecule has 0 spiro atoms. The Labute approximate surface area is 466 Å². The summed E-state index contributed by atoms with van der Waals surface area (Å²) >= 11 is 3.39. The number of hydrogen-bond acceptors (Lipinski definition) is 13. The summed E-state index contributed by atoms with van der Waals surface area (Å²) in [7, 11) is -4.29. The molecule has 0 aromatic carbocycles. The van der Waals surface area contributed by atoms with Gasteiger partial charge in [0.15, 0.2) is 30.7 Å². The van der Waals surface area contributed by atoms with Gasteiger partial charge in [-0.3, -0.25) is 4.79 Å². The highest BCUT2D eigenvalue weighted by atomic mass is 79.9. The van der Waals surface area contributed by atoms with E-state index in [1.54, 1.807) is 7.11 Å². The summed E-state index contributed by atoms with van der Waals surface area (Å²) in [4.78, 5) is 14.8. The van der Waals surface area contributed by atoms with Crippen molar-refractivity contribution in [3.05, 3.63) is 23.2 Å². The van der Waals surface area contributed by atoms with Gasteiger partial charge in [0.25, 0.3) is 0 Å². The predicted molar refractivity (Wildman–Crippen MR) is 308 cm³/mol. The third-order valence-electron chi connectivity index (χ3n) is 19.2. The van der Waals surface area contributed by atoms with Gasteiger partial charge in [0.1, 0.15) is 30.2 Å². The molecule has 434 valence electrons. The molecule has 7 saturated heterocycles. The molecule has 0 amide bonds. The Morgan fingerprint density at radius 1 is 0.880 bits per heavy atom. The maximum atomic E-state index is 14.8. The summed E-state index contributed by atoms with van der Waals surface area (Å²) < 4.78 is 75.9. The Kier molecular flexibility index (Phi) is 22.9. The SMILES string of the molecule is C=C(Br)CC(O)CC[C@@]12CC3OC4[C@@H](OCCCC(CC(=O)CC5[C@@H](OC)C(CC(CO[Si](C)(C)C(C)(C)C)O[Si](C)(C)C(C)(C)C)O[C@H]5CC5OC(CCCO[Si](CC)(CC)CC)CC(C)C5=C)OC[C@@H]4O1)C3O2. The van der Waals surface area contributed by atoms with Crippen molar-refractivity contribution in [1.29, 1.82) is 0 Å². The molecule has 13 nitrogen and oxygen atoms in total. The van der Waals surface area contributed by atoms with E-state index in [9.17, 15) is 9.90 Å². The minimum absolute atomic E-state index is 0.00975. The monoisotopic (exact) mass is 1170 g/mol. The number of ketones is 1. The van der Waals surface area contributed by atoms with Crippen LogP contribution in [0, 0.1) is 11.8 Å². The lowest BCUT2D eigenvalue weighted by atomic mass is 9.81. The first-order valence-corrected chi connectivity index (χ1v) is 38.5. The van der Waals surface area contributed by atoms with Crippen LogP contribution in [0.15, 0.2) is 23.2 Å². The third kappa shape index (κ3) is 16.3. The molecule has 16 atom stereocenters. The van der Waals surface area contributed by atoms with E-state index in [-0.39, 0.29) is 114 Å². The Bertz CT molecular complexity index is 1850. The van der Waals surface area contributed by atoms with Crippen molar-refractivity contribution in [1.82, 2.24) is 0 Å². The zero-order chi connectivity index (χ0) is 55.3. The van der Waals surface area contributed by atoms with Crippen molar-refractivity contribution in [2.45, 2.75) is 292 Å². The fourth-order valence-electron chi connectivity index (χ4n) is 12.2. The van der Waals surface area contributed by atoms with Gasteiger partial charge in [0.2, 0.25) is 0 Å². The van der Waals surface area contributed by atoms with Crippen LogP contribution in [0.1, 0.15) is 153 Å². The van der Waals surface area contributed by atoms with E-state index >= 15 is 0 Å². The molecular formula is C58H105BrO13Si3. The van der Waals surface area contributed by atoms with Crippen LogP contribution in [0.2, 0.25) is 54.4 Å². The predicted octanol–water partition coefficient (Wildman–Crippen LogP) is 12.7. The van der Waals surface area contributed by atoms with Crippen molar-refractivity contribution in [3.8, 4) is 0 Å². The summed E-state index contributed by atoms with van der Waals surface area (Å²) in [6, 6.07) is 3.44. The minimum atomic E-state index is -2.26. The van der Waals surface area contributed by atoms with Gasteiger partial charge in [-0.25, -0.2) is 0 Å². The van der Waals surface area contributed by atoms with Crippen LogP contribution in [0.25, 0.3) is 0 Å². The molecule has 0 saturated carbocycles. The first-order valence-electron chi connectivity index (χ1n) is 29.3. The van der Waals surface area contributed by atoms with Crippen LogP contribution in [0.5, 0.6) is 0 Å². The van der Waals surface area contributed by atoms with Crippen LogP contribution in [0.3, 0.4) is 0 Å². The molecule has 75 heavy (non-hydrogen) atoms. The first-order chi connectivity index (χ1) is 35.1. The average molecular weight is 1170 g/mol. The molecule has 7 aliphatic rings. The highest BCUT2D eigenvalue weighted by molar-refractivity contribution is 9.11. The van der Waals surface area contributed by atoms with Crippen LogP contribution in [-0.4, -0.2) is 155 Å². The number of ether oxygens (including phenoxy) is 8. The van der Waals surface area contributed by atoms with Gasteiger partial charge in [0.05, 0.1) is 68.1 Å². The topological polar surface area (TPSA) is 139 Å². The minimum Gasteiger partial charge on any atom is -0.417 e. The molecule has 7 rings (SSSR count). The molecule has 0 radical (unpaired) electrons. The fourth-order valence-corrected chi connectivity index (χ4v) is 17.6. The Balaban J connectivity index is 1.20. The zero-order valence-electron chi connectivity index (χ0n) is 49.4. The van der Waals surface area contributed by atoms with Crippen molar-refractivity contribution in [2.75, 3.05) is 33.5 Å². The molecule has 17 heteroatoms. The summed E-state index contributed by atoms with van der Waals surface area (Å²) in [5, 5.41) is 10.8. The van der Waals surface area contributed by atoms with Gasteiger partial charge in [-0.15, -0.1) is 0 Å². The van der Waals surface area contributed by atoms with E-state index in [1.807, 2.05) is 0 Å². The molecule has 6 bridgehead atoms. The summed E-state index contributed by atoms with van der Waals surface area (Å²) in [5.74, 6) is -0.755. The van der Waals surface area contributed by atoms with Crippen LogP contribution in [-0.2, 0) is 56.0 Å². The maximum Gasteiger partial charge on any atom is 0.192 e. The average Bonchev–Trinajstić information content (AvgIpc) is 3.88. The van der Waals surface area contributed by atoms with E-state index in [1.165, 1.54) is 0 Å². The second-order valence-electron chi connectivity index (χ2n) is 26.6. The summed E-state index contributed by atoms with van der Waals surface area (Å²) in [6.07, 6.45) is 4.16. The molecule has 0 aliphatic carbocycles. The molecule has 7 aliphatic heterocycles. The van der Waals surface area contributed by atoms with Crippen LogP contribution in [0.4, 0.5) is 0 Å². The summed E-state index contributed by atoms with van der Waals surface area (Å²) in [5.41, 5.74) is 1.09.